The monoisotopic (exact) mass is 252 g/mol. The summed E-state index contributed by atoms with van der Waals surface area (Å²) in [5, 5.41) is 9.03. The molecule has 2 N–H and O–H groups in total. The van der Waals surface area contributed by atoms with Gasteiger partial charge in [-0.3, -0.25) is 0 Å². The van der Waals surface area contributed by atoms with Gasteiger partial charge in [0.25, 0.3) is 0 Å². The number of rotatable bonds is 4. The minimum absolute atomic E-state index is 0.0811. The topological polar surface area (TPSA) is 59.0 Å². The zero-order valence-electron chi connectivity index (χ0n) is 10.8. The van der Waals surface area contributed by atoms with Crippen molar-refractivity contribution in [3.05, 3.63) is 65.2 Å². The Kier molecular flexibility index (Phi) is 4.17. The van der Waals surface area contributed by atoms with Crippen LogP contribution in [0.3, 0.4) is 0 Å². The minimum atomic E-state index is -0.0811. The van der Waals surface area contributed by atoms with Gasteiger partial charge >= 0.3 is 0 Å². The smallest absolute Gasteiger partial charge is 0.124 e. The molecule has 0 saturated heterocycles. The fourth-order valence-electron chi connectivity index (χ4n) is 1.90. The van der Waals surface area contributed by atoms with Crippen molar-refractivity contribution in [2.45, 2.75) is 19.6 Å². The zero-order valence-corrected chi connectivity index (χ0v) is 10.8. The van der Waals surface area contributed by atoms with Crippen molar-refractivity contribution in [2.24, 2.45) is 5.73 Å². The van der Waals surface area contributed by atoms with Crippen LogP contribution in [0.15, 0.2) is 48.5 Å². The number of nitrogens with two attached hydrogens (primary N) is 1. The van der Waals surface area contributed by atoms with Crippen molar-refractivity contribution in [1.29, 1.82) is 5.26 Å². The molecular weight excluding hydrogens is 236 g/mol. The second-order valence-electron chi connectivity index (χ2n) is 4.38. The predicted octanol–water partition coefficient (Wildman–Crippen LogP) is 3.16. The highest BCUT2D eigenvalue weighted by molar-refractivity contribution is 5.39. The molecule has 1 atom stereocenters. The maximum atomic E-state index is 9.03. The maximum absolute atomic E-state index is 9.03. The van der Waals surface area contributed by atoms with Crippen LogP contribution in [0, 0.1) is 11.3 Å². The van der Waals surface area contributed by atoms with Crippen molar-refractivity contribution < 1.29 is 4.74 Å². The molecule has 0 spiro atoms. The van der Waals surface area contributed by atoms with Gasteiger partial charge in [-0.05, 0) is 19.1 Å². The summed E-state index contributed by atoms with van der Waals surface area (Å²) in [7, 11) is 0. The van der Waals surface area contributed by atoms with Crippen LogP contribution in [-0.2, 0) is 6.61 Å². The van der Waals surface area contributed by atoms with Gasteiger partial charge in [0.05, 0.1) is 11.6 Å². The molecule has 0 unspecified atom stereocenters. The summed E-state index contributed by atoms with van der Waals surface area (Å²) >= 11 is 0. The fraction of sp³-hybridized carbons (Fsp3) is 0.188. The first-order valence-corrected chi connectivity index (χ1v) is 6.17. The van der Waals surface area contributed by atoms with E-state index >= 15 is 0 Å². The van der Waals surface area contributed by atoms with Crippen molar-refractivity contribution >= 4 is 0 Å². The number of para-hydroxylation sites is 1. The van der Waals surface area contributed by atoms with E-state index in [0.717, 1.165) is 16.9 Å². The van der Waals surface area contributed by atoms with Gasteiger partial charge in [-0.1, -0.05) is 36.4 Å². The number of ether oxygens (including phenoxy) is 1. The zero-order chi connectivity index (χ0) is 13.7. The highest BCUT2D eigenvalue weighted by Gasteiger charge is 2.08. The molecule has 0 aliphatic rings. The molecule has 0 radical (unpaired) electrons. The summed E-state index contributed by atoms with van der Waals surface area (Å²) < 4.78 is 5.80. The third-order valence-corrected chi connectivity index (χ3v) is 2.93. The molecule has 2 aromatic rings. The van der Waals surface area contributed by atoms with Gasteiger partial charge < -0.3 is 10.5 Å². The Bertz CT molecular complexity index is 600. The molecule has 0 aliphatic heterocycles. The number of hydrogen-bond donors (Lipinski definition) is 1. The van der Waals surface area contributed by atoms with E-state index in [4.69, 9.17) is 15.7 Å². The Balaban J connectivity index is 2.18. The predicted molar refractivity (Wildman–Crippen MR) is 74.5 cm³/mol. The SMILES string of the molecule is C[C@@H](N)c1ccccc1OCc1ccccc1C#N. The molecule has 0 fully saturated rings. The number of nitriles is 1. The average molecular weight is 252 g/mol. The van der Waals surface area contributed by atoms with Crippen LogP contribution in [0.25, 0.3) is 0 Å². The van der Waals surface area contributed by atoms with Crippen LogP contribution in [0.2, 0.25) is 0 Å². The van der Waals surface area contributed by atoms with Gasteiger partial charge in [0.2, 0.25) is 0 Å². The van der Waals surface area contributed by atoms with Crippen LogP contribution in [-0.4, -0.2) is 0 Å². The van der Waals surface area contributed by atoms with E-state index in [1.807, 2.05) is 49.4 Å². The molecule has 3 heteroatoms. The normalized spacial score (nSPS) is 11.6. The Labute approximate surface area is 113 Å². The van der Waals surface area contributed by atoms with Gasteiger partial charge in [-0.2, -0.15) is 5.26 Å². The highest BCUT2D eigenvalue weighted by atomic mass is 16.5. The lowest BCUT2D eigenvalue weighted by Gasteiger charge is -2.14. The summed E-state index contributed by atoms with van der Waals surface area (Å²) in [5.41, 5.74) is 8.40. The number of nitrogens with zero attached hydrogens (tertiary/aromatic N) is 1. The molecule has 0 aromatic heterocycles. The molecule has 19 heavy (non-hydrogen) atoms. The first kappa shape index (κ1) is 13.1. The molecule has 0 saturated carbocycles. The molecule has 0 bridgehead atoms. The Morgan fingerprint density at radius 3 is 2.58 bits per heavy atom. The van der Waals surface area contributed by atoms with E-state index in [2.05, 4.69) is 6.07 Å². The van der Waals surface area contributed by atoms with Crippen molar-refractivity contribution in [1.82, 2.24) is 0 Å². The van der Waals surface area contributed by atoms with E-state index in [-0.39, 0.29) is 6.04 Å². The lowest BCUT2D eigenvalue weighted by atomic mass is 10.1. The Morgan fingerprint density at radius 2 is 1.84 bits per heavy atom. The Hall–Kier alpha value is -2.31. The maximum Gasteiger partial charge on any atom is 0.124 e. The molecule has 0 aliphatic carbocycles. The molecule has 3 nitrogen and oxygen atoms in total. The van der Waals surface area contributed by atoms with Gasteiger partial charge in [-0.25, -0.2) is 0 Å². The summed E-state index contributed by atoms with van der Waals surface area (Å²) in [6.07, 6.45) is 0. The first-order valence-electron chi connectivity index (χ1n) is 6.17. The third-order valence-electron chi connectivity index (χ3n) is 2.93. The van der Waals surface area contributed by atoms with Crippen LogP contribution in [0.5, 0.6) is 5.75 Å². The highest BCUT2D eigenvalue weighted by Crippen LogP contribution is 2.24. The van der Waals surface area contributed by atoms with E-state index in [0.29, 0.717) is 12.2 Å². The largest absolute Gasteiger partial charge is 0.489 e. The van der Waals surface area contributed by atoms with E-state index in [9.17, 15) is 0 Å². The fourth-order valence-corrected chi connectivity index (χ4v) is 1.90. The second-order valence-corrected chi connectivity index (χ2v) is 4.38. The molecule has 2 rings (SSSR count). The minimum Gasteiger partial charge on any atom is -0.489 e. The summed E-state index contributed by atoms with van der Waals surface area (Å²) in [5.74, 6) is 0.769. The molecule has 96 valence electrons. The van der Waals surface area contributed by atoms with Gasteiger partial charge in [0, 0.05) is 17.2 Å². The van der Waals surface area contributed by atoms with Crippen molar-refractivity contribution in [3.63, 3.8) is 0 Å². The van der Waals surface area contributed by atoms with Crippen molar-refractivity contribution in [2.75, 3.05) is 0 Å². The van der Waals surface area contributed by atoms with Crippen LogP contribution in [0.4, 0.5) is 0 Å². The first-order chi connectivity index (χ1) is 9.22. The van der Waals surface area contributed by atoms with Crippen molar-refractivity contribution in [3.8, 4) is 11.8 Å². The van der Waals surface area contributed by atoms with E-state index < -0.39 is 0 Å². The summed E-state index contributed by atoms with van der Waals surface area (Å²) in [6.45, 7) is 2.29. The van der Waals surface area contributed by atoms with E-state index in [1.54, 1.807) is 6.07 Å². The van der Waals surface area contributed by atoms with Gasteiger partial charge in [0.15, 0.2) is 0 Å². The quantitative estimate of drug-likeness (QED) is 0.909. The molecule has 0 heterocycles. The van der Waals surface area contributed by atoms with Gasteiger partial charge in [-0.15, -0.1) is 0 Å². The van der Waals surface area contributed by atoms with Gasteiger partial charge in [0.1, 0.15) is 12.4 Å². The second kappa shape index (κ2) is 6.03. The summed E-state index contributed by atoms with van der Waals surface area (Å²) in [4.78, 5) is 0. The van der Waals surface area contributed by atoms with Crippen LogP contribution >= 0.6 is 0 Å². The van der Waals surface area contributed by atoms with Crippen LogP contribution < -0.4 is 10.5 Å². The molecule has 2 aromatic carbocycles. The number of hydrogen-bond acceptors (Lipinski definition) is 3. The van der Waals surface area contributed by atoms with E-state index in [1.165, 1.54) is 0 Å². The standard InChI is InChI=1S/C16H16N2O/c1-12(18)15-8-4-5-9-16(15)19-11-14-7-3-2-6-13(14)10-17/h2-9,12H,11,18H2,1H3/t12-/m1/s1. The molecule has 0 amide bonds. The lowest BCUT2D eigenvalue weighted by molar-refractivity contribution is 0.301. The average Bonchev–Trinajstić information content (AvgIpc) is 2.45. The third kappa shape index (κ3) is 3.12. The summed E-state index contributed by atoms with van der Waals surface area (Å²) in [6, 6.07) is 17.2. The Morgan fingerprint density at radius 1 is 1.16 bits per heavy atom. The molecular formula is C16H16N2O. The van der Waals surface area contributed by atoms with Crippen LogP contribution in [0.1, 0.15) is 29.7 Å². The number of benzene rings is 2. The lowest BCUT2D eigenvalue weighted by Crippen LogP contribution is -2.08.